The maximum Gasteiger partial charge on any atom is 0.323 e. The fourth-order valence-corrected chi connectivity index (χ4v) is 0.729. The Hall–Kier alpha value is -1.70. The highest BCUT2D eigenvalue weighted by molar-refractivity contribution is 5.80. The minimum Gasteiger partial charge on any atom is -0.480 e. The number of carboxylic acids is 1. The van der Waals surface area contributed by atoms with Gasteiger partial charge in [0.15, 0.2) is 0 Å². The topological polar surface area (TPSA) is 69.6 Å². The molecule has 0 aliphatic carbocycles. The Labute approximate surface area is 76.7 Å². The van der Waals surface area contributed by atoms with Gasteiger partial charge in [-0.25, -0.2) is 4.79 Å². The van der Waals surface area contributed by atoms with Crippen LogP contribution in [0.15, 0.2) is 0 Å². The summed E-state index contributed by atoms with van der Waals surface area (Å²) in [6.45, 7) is 1.82. The van der Waals surface area contributed by atoms with Gasteiger partial charge in [-0.3, -0.25) is 4.79 Å². The Morgan fingerprint density at radius 1 is 1.62 bits per heavy atom. The molecular formula is C8H12N2O3. The van der Waals surface area contributed by atoms with Crippen molar-refractivity contribution in [3.05, 3.63) is 0 Å². The Morgan fingerprint density at radius 2 is 2.23 bits per heavy atom. The van der Waals surface area contributed by atoms with Crippen LogP contribution in [0.3, 0.4) is 0 Å². The number of nitrogens with one attached hydrogen (secondary N) is 1. The van der Waals surface area contributed by atoms with E-state index in [0.29, 0.717) is 6.54 Å². The maximum absolute atomic E-state index is 11.1. The standard InChI is InChI=1S/C8H12N2O3/c1-3-5-9-8(13)10(4-2)6-7(11)12/h1H,4-6H2,2H3,(H,9,13)(H,11,12). The van der Waals surface area contributed by atoms with Gasteiger partial charge in [-0.1, -0.05) is 5.92 Å². The molecule has 5 nitrogen and oxygen atoms in total. The van der Waals surface area contributed by atoms with Crippen LogP contribution in [0.4, 0.5) is 4.79 Å². The highest BCUT2D eigenvalue weighted by Crippen LogP contribution is 1.88. The number of hydrogen-bond acceptors (Lipinski definition) is 2. The van der Waals surface area contributed by atoms with Crippen molar-refractivity contribution in [1.29, 1.82) is 0 Å². The van der Waals surface area contributed by atoms with Crippen LogP contribution >= 0.6 is 0 Å². The van der Waals surface area contributed by atoms with Crippen molar-refractivity contribution >= 4 is 12.0 Å². The van der Waals surface area contributed by atoms with Crippen molar-refractivity contribution in [2.45, 2.75) is 6.92 Å². The molecule has 5 heteroatoms. The van der Waals surface area contributed by atoms with Crippen molar-refractivity contribution in [1.82, 2.24) is 10.2 Å². The predicted molar refractivity (Wildman–Crippen MR) is 47.1 cm³/mol. The molecule has 0 aromatic heterocycles. The fraction of sp³-hybridized carbons (Fsp3) is 0.500. The molecule has 0 aliphatic heterocycles. The molecule has 0 radical (unpaired) electrons. The van der Waals surface area contributed by atoms with Gasteiger partial charge in [-0.15, -0.1) is 6.42 Å². The first-order valence-electron chi connectivity index (χ1n) is 3.79. The Kier molecular flexibility index (Phi) is 5.12. The molecular weight excluding hydrogens is 172 g/mol. The third kappa shape index (κ3) is 4.69. The number of likely N-dealkylation sites (N-methyl/N-ethyl adjacent to an activating group) is 1. The Bertz CT molecular complexity index is 232. The normalized spacial score (nSPS) is 8.62. The van der Waals surface area contributed by atoms with E-state index < -0.39 is 12.0 Å². The van der Waals surface area contributed by atoms with Crippen LogP contribution in [0, 0.1) is 12.3 Å². The molecule has 0 aliphatic rings. The van der Waals surface area contributed by atoms with Crippen molar-refractivity contribution in [2.24, 2.45) is 0 Å². The maximum atomic E-state index is 11.1. The number of nitrogens with zero attached hydrogens (tertiary/aromatic N) is 1. The molecule has 0 saturated heterocycles. The van der Waals surface area contributed by atoms with E-state index in [4.69, 9.17) is 11.5 Å². The van der Waals surface area contributed by atoms with E-state index in [2.05, 4.69) is 11.2 Å². The average molecular weight is 184 g/mol. The lowest BCUT2D eigenvalue weighted by molar-refractivity contribution is -0.137. The zero-order valence-corrected chi connectivity index (χ0v) is 7.41. The quantitative estimate of drug-likeness (QED) is 0.591. The van der Waals surface area contributed by atoms with Crippen LogP contribution < -0.4 is 5.32 Å². The number of aliphatic carboxylic acids is 1. The van der Waals surface area contributed by atoms with E-state index in [1.807, 2.05) is 0 Å². The molecule has 0 atom stereocenters. The van der Waals surface area contributed by atoms with Crippen LogP contribution in [-0.2, 0) is 4.79 Å². The summed E-state index contributed by atoms with van der Waals surface area (Å²) in [7, 11) is 0. The predicted octanol–water partition coefficient (Wildman–Crippen LogP) is -0.264. The summed E-state index contributed by atoms with van der Waals surface area (Å²) in [5.74, 6) is 1.18. The van der Waals surface area contributed by atoms with Gasteiger partial charge in [0.05, 0.1) is 6.54 Å². The fourth-order valence-electron chi connectivity index (χ4n) is 0.729. The van der Waals surface area contributed by atoms with Crippen LogP contribution in [0.1, 0.15) is 6.92 Å². The van der Waals surface area contributed by atoms with Crippen LogP contribution in [0.25, 0.3) is 0 Å². The van der Waals surface area contributed by atoms with Crippen LogP contribution in [-0.4, -0.2) is 41.6 Å². The summed E-state index contributed by atoms with van der Waals surface area (Å²) in [6.07, 6.45) is 4.92. The highest BCUT2D eigenvalue weighted by Gasteiger charge is 2.13. The summed E-state index contributed by atoms with van der Waals surface area (Å²) < 4.78 is 0. The van der Waals surface area contributed by atoms with Crippen molar-refractivity contribution in [2.75, 3.05) is 19.6 Å². The first kappa shape index (κ1) is 11.3. The molecule has 0 rings (SSSR count). The number of carboxylic acid groups (broad SMARTS) is 1. The summed E-state index contributed by atoms with van der Waals surface area (Å²) in [5, 5.41) is 10.8. The van der Waals surface area contributed by atoms with E-state index >= 15 is 0 Å². The lowest BCUT2D eigenvalue weighted by Crippen LogP contribution is -2.42. The molecule has 0 spiro atoms. The lowest BCUT2D eigenvalue weighted by Gasteiger charge is -2.17. The summed E-state index contributed by atoms with van der Waals surface area (Å²) in [6, 6.07) is -0.456. The molecule has 13 heavy (non-hydrogen) atoms. The van der Waals surface area contributed by atoms with Gasteiger partial charge in [0.2, 0.25) is 0 Å². The number of carbonyl (C=O) groups excluding carboxylic acids is 1. The van der Waals surface area contributed by atoms with Crippen molar-refractivity contribution < 1.29 is 14.7 Å². The SMILES string of the molecule is C#CCNC(=O)N(CC)CC(=O)O. The number of carbonyl (C=O) groups is 2. The number of hydrogen-bond donors (Lipinski definition) is 2. The van der Waals surface area contributed by atoms with Gasteiger partial charge < -0.3 is 15.3 Å². The molecule has 0 fully saturated rings. The van der Waals surface area contributed by atoms with Gasteiger partial charge in [0.25, 0.3) is 0 Å². The van der Waals surface area contributed by atoms with E-state index in [9.17, 15) is 9.59 Å². The molecule has 2 amide bonds. The zero-order valence-electron chi connectivity index (χ0n) is 7.41. The van der Waals surface area contributed by atoms with E-state index in [0.717, 1.165) is 4.90 Å². The second-order valence-corrected chi connectivity index (χ2v) is 2.27. The monoisotopic (exact) mass is 184 g/mol. The second kappa shape index (κ2) is 5.89. The zero-order chi connectivity index (χ0) is 10.3. The molecule has 0 bridgehead atoms. The first-order chi connectivity index (χ1) is 6.11. The third-order valence-electron chi connectivity index (χ3n) is 1.34. The second-order valence-electron chi connectivity index (χ2n) is 2.27. The van der Waals surface area contributed by atoms with Crippen molar-refractivity contribution in [3.8, 4) is 12.3 Å². The number of terminal acetylenes is 1. The number of urea groups is 1. The molecule has 0 saturated carbocycles. The summed E-state index contributed by atoms with van der Waals surface area (Å²) in [4.78, 5) is 22.6. The smallest absolute Gasteiger partial charge is 0.323 e. The van der Waals surface area contributed by atoms with E-state index in [1.54, 1.807) is 6.92 Å². The summed E-state index contributed by atoms with van der Waals surface area (Å²) in [5.41, 5.74) is 0. The average Bonchev–Trinajstić information content (AvgIpc) is 2.09. The van der Waals surface area contributed by atoms with E-state index in [1.165, 1.54) is 0 Å². The third-order valence-corrected chi connectivity index (χ3v) is 1.34. The molecule has 72 valence electrons. The van der Waals surface area contributed by atoms with Crippen LogP contribution in [0.2, 0.25) is 0 Å². The van der Waals surface area contributed by atoms with Crippen molar-refractivity contribution in [3.63, 3.8) is 0 Å². The molecule has 2 N–H and O–H groups in total. The first-order valence-corrected chi connectivity index (χ1v) is 3.79. The van der Waals surface area contributed by atoms with Gasteiger partial charge in [0.1, 0.15) is 6.54 Å². The Balaban J connectivity index is 4.01. The Morgan fingerprint density at radius 3 is 2.62 bits per heavy atom. The minimum absolute atomic E-state index is 0.106. The minimum atomic E-state index is -1.04. The molecule has 0 unspecified atom stereocenters. The molecule has 0 aromatic carbocycles. The number of amides is 2. The van der Waals surface area contributed by atoms with E-state index in [-0.39, 0.29) is 13.1 Å². The number of rotatable bonds is 4. The van der Waals surface area contributed by atoms with Gasteiger partial charge >= 0.3 is 12.0 Å². The van der Waals surface area contributed by atoms with Gasteiger partial charge in [0, 0.05) is 6.54 Å². The lowest BCUT2D eigenvalue weighted by atomic mass is 10.5. The largest absolute Gasteiger partial charge is 0.480 e. The molecule has 0 aromatic rings. The van der Waals surface area contributed by atoms with Gasteiger partial charge in [-0.2, -0.15) is 0 Å². The summed E-state index contributed by atoms with van der Waals surface area (Å²) >= 11 is 0. The van der Waals surface area contributed by atoms with Crippen LogP contribution in [0.5, 0.6) is 0 Å². The van der Waals surface area contributed by atoms with Gasteiger partial charge in [-0.05, 0) is 6.92 Å². The molecule has 0 heterocycles. The highest BCUT2D eigenvalue weighted by atomic mass is 16.4.